The minimum Gasteiger partial charge on any atom is -0.459 e. The van der Waals surface area contributed by atoms with Crippen molar-refractivity contribution in [3.05, 3.63) is 10.4 Å². The first kappa shape index (κ1) is 14.3. The Balaban J connectivity index is 2.78. The fourth-order valence-electron chi connectivity index (χ4n) is 1.82. The van der Waals surface area contributed by atoms with Gasteiger partial charge in [0, 0.05) is 25.2 Å². The third kappa shape index (κ3) is 3.90. The monoisotopic (exact) mass is 257 g/mol. The second kappa shape index (κ2) is 6.23. The number of carbonyl (C=O) groups is 2. The SMILES string of the molecule is CC(=O)O[C@H]1C[C@@H](N=[N+]=[N-])[C@@H](OC(C)=O)C(C)O1. The van der Waals surface area contributed by atoms with Gasteiger partial charge in [-0.25, -0.2) is 0 Å². The predicted octanol–water partition coefficient (Wildman–Crippen LogP) is 1.29. The maximum atomic E-state index is 11.0. The second-order valence-electron chi connectivity index (χ2n) is 3.96. The van der Waals surface area contributed by atoms with Crippen molar-refractivity contribution < 1.29 is 23.8 Å². The van der Waals surface area contributed by atoms with E-state index in [1.807, 2.05) is 0 Å². The van der Waals surface area contributed by atoms with Gasteiger partial charge in [0.2, 0.25) is 6.29 Å². The maximum Gasteiger partial charge on any atom is 0.304 e. The van der Waals surface area contributed by atoms with Gasteiger partial charge in [-0.3, -0.25) is 9.59 Å². The van der Waals surface area contributed by atoms with Gasteiger partial charge in [0.05, 0.1) is 12.1 Å². The highest BCUT2D eigenvalue weighted by molar-refractivity contribution is 5.66. The molecule has 0 aromatic rings. The minimum absolute atomic E-state index is 0.159. The second-order valence-corrected chi connectivity index (χ2v) is 3.96. The van der Waals surface area contributed by atoms with Crippen LogP contribution in [0, 0.1) is 0 Å². The first-order chi connectivity index (χ1) is 8.43. The molecule has 0 aliphatic carbocycles. The quantitative estimate of drug-likeness (QED) is 0.327. The van der Waals surface area contributed by atoms with E-state index in [0.717, 1.165) is 0 Å². The van der Waals surface area contributed by atoms with E-state index in [4.69, 9.17) is 19.7 Å². The lowest BCUT2D eigenvalue weighted by atomic mass is 10.0. The van der Waals surface area contributed by atoms with E-state index in [2.05, 4.69) is 10.0 Å². The Morgan fingerprint density at radius 3 is 2.44 bits per heavy atom. The van der Waals surface area contributed by atoms with Crippen molar-refractivity contribution in [3.8, 4) is 0 Å². The standard InChI is InChI=1S/C10H15N3O5/c1-5-10(18-7(3)15)8(12-13-11)4-9(16-5)17-6(2)14/h5,8-10H,4H2,1-3H3/t5?,8-,9+,10+/m1/s1. The van der Waals surface area contributed by atoms with Gasteiger partial charge in [-0.15, -0.1) is 0 Å². The summed E-state index contributed by atoms with van der Waals surface area (Å²) in [7, 11) is 0. The molecule has 0 aromatic heterocycles. The molecule has 0 N–H and O–H groups in total. The highest BCUT2D eigenvalue weighted by Crippen LogP contribution is 2.26. The van der Waals surface area contributed by atoms with Crippen molar-refractivity contribution in [1.29, 1.82) is 0 Å². The number of azide groups is 1. The Bertz CT molecular complexity index is 380. The number of carbonyl (C=O) groups excluding carboxylic acids is 2. The molecule has 0 bridgehead atoms. The van der Waals surface area contributed by atoms with Crippen molar-refractivity contribution in [3.63, 3.8) is 0 Å². The molecule has 1 fully saturated rings. The van der Waals surface area contributed by atoms with Crippen LogP contribution in [0.2, 0.25) is 0 Å². The number of rotatable bonds is 3. The van der Waals surface area contributed by atoms with Crippen LogP contribution in [-0.4, -0.2) is 36.5 Å². The summed E-state index contributed by atoms with van der Waals surface area (Å²) in [5.74, 6) is -0.975. The van der Waals surface area contributed by atoms with Gasteiger partial charge in [0.25, 0.3) is 0 Å². The molecule has 8 nitrogen and oxygen atoms in total. The predicted molar refractivity (Wildman–Crippen MR) is 59.2 cm³/mol. The summed E-state index contributed by atoms with van der Waals surface area (Å²) in [5.41, 5.74) is 8.49. The van der Waals surface area contributed by atoms with Crippen LogP contribution in [0.15, 0.2) is 5.11 Å². The number of ether oxygens (including phenoxy) is 3. The third-order valence-corrected chi connectivity index (χ3v) is 2.44. The summed E-state index contributed by atoms with van der Waals surface area (Å²) in [6.45, 7) is 4.18. The molecule has 1 rings (SSSR count). The lowest BCUT2D eigenvalue weighted by Crippen LogP contribution is -2.49. The minimum atomic E-state index is -0.792. The number of esters is 2. The molecule has 1 saturated heterocycles. The molecule has 0 spiro atoms. The summed E-state index contributed by atoms with van der Waals surface area (Å²) in [5, 5.41) is 3.56. The molecular formula is C10H15N3O5. The van der Waals surface area contributed by atoms with Gasteiger partial charge < -0.3 is 14.2 Å². The number of hydrogen-bond donors (Lipinski definition) is 0. The first-order valence-corrected chi connectivity index (χ1v) is 5.48. The summed E-state index contributed by atoms with van der Waals surface area (Å²) < 4.78 is 15.3. The van der Waals surface area contributed by atoms with Crippen molar-refractivity contribution in [2.24, 2.45) is 5.11 Å². The fraction of sp³-hybridized carbons (Fsp3) is 0.800. The zero-order chi connectivity index (χ0) is 13.7. The summed E-state index contributed by atoms with van der Waals surface area (Å²) >= 11 is 0. The average Bonchev–Trinajstić information content (AvgIpc) is 2.22. The lowest BCUT2D eigenvalue weighted by molar-refractivity contribution is -0.226. The van der Waals surface area contributed by atoms with Crippen molar-refractivity contribution in [1.82, 2.24) is 0 Å². The topological polar surface area (TPSA) is 111 Å². The van der Waals surface area contributed by atoms with Crippen LogP contribution in [-0.2, 0) is 23.8 Å². The van der Waals surface area contributed by atoms with Crippen LogP contribution in [0.4, 0.5) is 0 Å². The van der Waals surface area contributed by atoms with Crippen molar-refractivity contribution in [2.45, 2.75) is 51.7 Å². The molecule has 18 heavy (non-hydrogen) atoms. The summed E-state index contributed by atoms with van der Waals surface area (Å²) in [4.78, 5) is 24.5. The van der Waals surface area contributed by atoms with E-state index >= 15 is 0 Å². The molecule has 1 aliphatic heterocycles. The van der Waals surface area contributed by atoms with E-state index in [-0.39, 0.29) is 6.42 Å². The molecule has 0 saturated carbocycles. The van der Waals surface area contributed by atoms with Crippen LogP contribution in [0.1, 0.15) is 27.2 Å². The Morgan fingerprint density at radius 1 is 1.33 bits per heavy atom. The Kier molecular flexibility index (Phi) is 4.94. The van der Waals surface area contributed by atoms with Crippen molar-refractivity contribution in [2.75, 3.05) is 0 Å². The van der Waals surface area contributed by atoms with Crippen LogP contribution < -0.4 is 0 Å². The largest absolute Gasteiger partial charge is 0.459 e. The zero-order valence-electron chi connectivity index (χ0n) is 10.4. The van der Waals surface area contributed by atoms with E-state index < -0.39 is 36.5 Å². The van der Waals surface area contributed by atoms with Crippen LogP contribution in [0.3, 0.4) is 0 Å². The average molecular weight is 257 g/mol. The Labute approximate surface area is 104 Å². The molecule has 8 heteroatoms. The molecule has 0 radical (unpaired) electrons. The molecule has 1 heterocycles. The normalized spacial score (nSPS) is 31.1. The zero-order valence-corrected chi connectivity index (χ0v) is 10.4. The summed E-state index contributed by atoms with van der Waals surface area (Å²) in [6.07, 6.45) is -1.83. The van der Waals surface area contributed by atoms with Gasteiger partial charge >= 0.3 is 11.9 Å². The molecule has 0 amide bonds. The Morgan fingerprint density at radius 2 is 1.94 bits per heavy atom. The van der Waals surface area contributed by atoms with Gasteiger partial charge in [-0.2, -0.15) is 0 Å². The fourth-order valence-corrected chi connectivity index (χ4v) is 1.82. The van der Waals surface area contributed by atoms with Crippen molar-refractivity contribution >= 4 is 11.9 Å². The lowest BCUT2D eigenvalue weighted by Gasteiger charge is -2.37. The highest BCUT2D eigenvalue weighted by atomic mass is 16.7. The number of nitrogens with zero attached hydrogens (tertiary/aromatic N) is 3. The molecule has 100 valence electrons. The van der Waals surface area contributed by atoms with Gasteiger partial charge in [0.15, 0.2) is 0 Å². The molecule has 1 unspecified atom stereocenters. The summed E-state index contributed by atoms with van der Waals surface area (Å²) in [6, 6.07) is -0.619. The molecule has 4 atom stereocenters. The molecular weight excluding hydrogens is 242 g/mol. The van der Waals surface area contributed by atoms with E-state index in [9.17, 15) is 9.59 Å². The van der Waals surface area contributed by atoms with Gasteiger partial charge in [-0.05, 0) is 12.5 Å². The van der Waals surface area contributed by atoms with E-state index in [1.165, 1.54) is 13.8 Å². The van der Waals surface area contributed by atoms with E-state index in [1.54, 1.807) is 6.92 Å². The van der Waals surface area contributed by atoms with Crippen LogP contribution in [0.25, 0.3) is 10.4 Å². The Hall–Kier alpha value is -1.79. The van der Waals surface area contributed by atoms with Gasteiger partial charge in [-0.1, -0.05) is 5.11 Å². The highest BCUT2D eigenvalue weighted by Gasteiger charge is 2.39. The number of hydrogen-bond acceptors (Lipinski definition) is 6. The van der Waals surface area contributed by atoms with E-state index in [0.29, 0.717) is 0 Å². The van der Waals surface area contributed by atoms with Gasteiger partial charge in [0.1, 0.15) is 6.10 Å². The third-order valence-electron chi connectivity index (χ3n) is 2.44. The first-order valence-electron chi connectivity index (χ1n) is 5.48. The maximum absolute atomic E-state index is 11.0. The molecule has 0 aromatic carbocycles. The van der Waals surface area contributed by atoms with Crippen LogP contribution in [0.5, 0.6) is 0 Å². The molecule has 1 aliphatic rings. The smallest absolute Gasteiger partial charge is 0.304 e. The van der Waals surface area contributed by atoms with Crippen LogP contribution >= 0.6 is 0 Å².